The molecule has 4 N–H and O–H groups in total. The molecular formula is C38H63F2N10O4+. The summed E-state index contributed by atoms with van der Waals surface area (Å²) in [5.74, 6) is 2.07. The number of piperidine rings is 2. The van der Waals surface area contributed by atoms with Gasteiger partial charge in [-0.3, -0.25) is 9.59 Å². The molecule has 2 aromatic rings. The number of nitrogens with one attached hydrogen (secondary N) is 4. The molecule has 4 fully saturated rings. The second-order valence-electron chi connectivity index (χ2n) is 17.2. The summed E-state index contributed by atoms with van der Waals surface area (Å²) in [6.45, 7) is 8.84. The first-order valence-electron chi connectivity index (χ1n) is 20.8. The quantitative estimate of drug-likeness (QED) is 0.127. The number of esters is 2. The van der Waals surface area contributed by atoms with Gasteiger partial charge in [0.2, 0.25) is 0 Å². The number of tetrazole rings is 2. The van der Waals surface area contributed by atoms with Gasteiger partial charge in [-0.2, -0.15) is 5.10 Å². The third-order valence-corrected chi connectivity index (χ3v) is 12.8. The second kappa shape index (κ2) is 18.7. The number of hydrogen-bond acceptors (Lipinski definition) is 11. The fourth-order valence-corrected chi connectivity index (χ4v) is 9.66. The first-order chi connectivity index (χ1) is 26.0. The Labute approximate surface area is 317 Å². The Morgan fingerprint density at radius 3 is 1.96 bits per heavy atom. The van der Waals surface area contributed by atoms with Crippen molar-refractivity contribution in [3.05, 3.63) is 11.6 Å². The topological polar surface area (TPSA) is 177 Å². The minimum absolute atomic E-state index is 0.0404. The smallest absolute Gasteiger partial charge is 0.323 e. The van der Waals surface area contributed by atoms with Crippen LogP contribution < -0.4 is 15.4 Å². The lowest BCUT2D eigenvalue weighted by atomic mass is 9.67. The van der Waals surface area contributed by atoms with Crippen molar-refractivity contribution in [1.29, 1.82) is 0 Å². The summed E-state index contributed by atoms with van der Waals surface area (Å²) in [6.07, 6.45) is 10.5. The number of carbonyl (C=O) groups excluding carboxylic acids is 2. The van der Waals surface area contributed by atoms with Crippen LogP contribution in [-0.4, -0.2) is 97.7 Å². The molecular weight excluding hydrogens is 698 g/mol. The maximum Gasteiger partial charge on any atom is 0.323 e. The van der Waals surface area contributed by atoms with E-state index in [1.54, 1.807) is 4.80 Å². The third kappa shape index (κ3) is 11.0. The zero-order chi connectivity index (χ0) is 38.1. The standard InChI is InChI=1S/C38H62F2N10O4/c1-4-6-26(7-5-2)24-54-36(52)32-17-30-19-38(40,13-9-28(30)21-42-32)15-11-34-45-49-50(46-34)22-25(3)23-53-35(51)31-16-29-18-37(39,12-8-27(29)20-41-31)14-10-33-43-47-48-44-33/h25-32,41-42H,4-24H2,1-3H3,(H,43,44,47,48)/p+1/t25?,27-,28-,29-,30-,31-,32-,37-,38-/m0/s1. The van der Waals surface area contributed by atoms with Gasteiger partial charge in [0.05, 0.1) is 18.3 Å². The van der Waals surface area contributed by atoms with Crippen molar-refractivity contribution in [2.45, 2.75) is 153 Å². The van der Waals surface area contributed by atoms with E-state index in [0.29, 0.717) is 113 Å². The predicted octanol–water partition coefficient (Wildman–Crippen LogP) is 4.08. The van der Waals surface area contributed by atoms with E-state index in [2.05, 4.69) is 60.5 Å². The number of fused-ring (bicyclic) bond motifs is 2. The number of ether oxygens (including phenoxy) is 2. The van der Waals surface area contributed by atoms with E-state index in [9.17, 15) is 9.59 Å². The Kier molecular flexibility index (Phi) is 14.0. The highest BCUT2D eigenvalue weighted by molar-refractivity contribution is 5.76. The number of aryl methyl sites for hydroxylation is 2. The van der Waals surface area contributed by atoms with E-state index in [1.165, 1.54) is 0 Å². The molecule has 4 aliphatic rings. The Morgan fingerprint density at radius 2 is 1.41 bits per heavy atom. The molecule has 9 atom stereocenters. The van der Waals surface area contributed by atoms with Gasteiger partial charge in [0.25, 0.3) is 5.82 Å². The highest BCUT2D eigenvalue weighted by Gasteiger charge is 2.46. The first kappa shape index (κ1) is 40.5. The van der Waals surface area contributed by atoms with Gasteiger partial charge in [-0.1, -0.05) is 38.4 Å². The lowest BCUT2D eigenvalue weighted by Gasteiger charge is -2.44. The van der Waals surface area contributed by atoms with Crippen LogP contribution in [0.5, 0.6) is 0 Å². The normalized spacial score (nSPS) is 31.7. The molecule has 14 nitrogen and oxygen atoms in total. The fourth-order valence-electron chi connectivity index (χ4n) is 9.66. The number of H-pyrrole nitrogens is 2. The summed E-state index contributed by atoms with van der Waals surface area (Å²) >= 11 is 0. The number of hydrogen-bond donors (Lipinski definition) is 4. The predicted molar refractivity (Wildman–Crippen MR) is 194 cm³/mol. The van der Waals surface area contributed by atoms with E-state index in [0.717, 1.165) is 45.1 Å². The van der Waals surface area contributed by atoms with Gasteiger partial charge < -0.3 is 20.1 Å². The van der Waals surface area contributed by atoms with Crippen molar-refractivity contribution in [1.82, 2.24) is 46.7 Å². The van der Waals surface area contributed by atoms with Crippen LogP contribution in [0.2, 0.25) is 0 Å². The highest BCUT2D eigenvalue weighted by atomic mass is 19.1. The van der Waals surface area contributed by atoms with Gasteiger partial charge in [-0.25, -0.2) is 13.9 Å². The maximum atomic E-state index is 16.3. The molecule has 1 unspecified atom stereocenters. The average Bonchev–Trinajstić information content (AvgIpc) is 3.86. The van der Waals surface area contributed by atoms with E-state index >= 15 is 8.78 Å². The molecule has 6 rings (SSSR count). The SMILES string of the molecule is CCCC(CCC)COC(=O)[C@@H]1C[C@H]2C[C@@](F)(CCc3nn[n+](CC(C)COC(=O)[C@@H]4C[C@H]5C[C@@](F)(CCc6nnn[nH]6)CC[C@H]5CN4)[nH]3)CC[C@H]2CN1. The second-order valence-corrected chi connectivity index (χ2v) is 17.2. The van der Waals surface area contributed by atoms with Crippen LogP contribution in [0.1, 0.15) is 122 Å². The van der Waals surface area contributed by atoms with Crippen LogP contribution in [0, 0.1) is 35.5 Å². The fraction of sp³-hybridized carbons (Fsp3) is 0.895. The number of alkyl halides is 2. The van der Waals surface area contributed by atoms with E-state index in [1.807, 2.05) is 6.92 Å². The number of nitrogens with zero attached hydrogens (tertiary/aromatic N) is 6. The molecule has 2 aromatic heterocycles. The van der Waals surface area contributed by atoms with Crippen LogP contribution in [0.25, 0.3) is 0 Å². The lowest BCUT2D eigenvalue weighted by molar-refractivity contribution is -0.810. The number of carbonyl (C=O) groups is 2. The van der Waals surface area contributed by atoms with Gasteiger partial charge in [0, 0.05) is 18.8 Å². The van der Waals surface area contributed by atoms with Crippen LogP contribution >= 0.6 is 0 Å². The Morgan fingerprint density at radius 1 is 0.833 bits per heavy atom. The van der Waals surface area contributed by atoms with Crippen molar-refractivity contribution in [2.75, 3.05) is 26.3 Å². The Balaban J connectivity index is 0.897. The molecule has 2 aliphatic carbocycles. The average molecular weight is 762 g/mol. The number of halogens is 2. The van der Waals surface area contributed by atoms with E-state index in [-0.39, 0.29) is 42.3 Å². The molecule has 2 saturated carbocycles. The number of rotatable bonds is 18. The van der Waals surface area contributed by atoms with Crippen LogP contribution in [-0.2, 0) is 38.4 Å². The molecule has 4 heterocycles. The molecule has 54 heavy (non-hydrogen) atoms. The van der Waals surface area contributed by atoms with Crippen molar-refractivity contribution < 1.29 is 32.6 Å². The van der Waals surface area contributed by atoms with Gasteiger partial charge in [-0.15, -0.1) is 5.10 Å². The Bertz CT molecular complexity index is 1480. The van der Waals surface area contributed by atoms with Crippen LogP contribution in [0.4, 0.5) is 8.78 Å². The van der Waals surface area contributed by atoms with Crippen molar-refractivity contribution >= 4 is 11.9 Å². The molecule has 0 radical (unpaired) electrons. The number of aromatic nitrogens is 8. The molecule has 16 heteroatoms. The highest BCUT2D eigenvalue weighted by Crippen LogP contribution is 2.46. The Hall–Kier alpha value is -3.14. The zero-order valence-corrected chi connectivity index (χ0v) is 32.5. The van der Waals surface area contributed by atoms with Gasteiger partial charge in [-0.05, 0) is 130 Å². The molecule has 0 spiro atoms. The van der Waals surface area contributed by atoms with Crippen molar-refractivity contribution in [3.8, 4) is 0 Å². The summed E-state index contributed by atoms with van der Waals surface area (Å²) in [6, 6.07) is -0.822. The summed E-state index contributed by atoms with van der Waals surface area (Å²) in [5, 5.41) is 32.1. The third-order valence-electron chi connectivity index (χ3n) is 12.8. The molecule has 2 aliphatic heterocycles. The molecule has 0 aromatic carbocycles. The van der Waals surface area contributed by atoms with Gasteiger partial charge >= 0.3 is 11.9 Å². The zero-order valence-electron chi connectivity index (χ0n) is 32.5. The van der Waals surface area contributed by atoms with Crippen molar-refractivity contribution in [3.63, 3.8) is 0 Å². The van der Waals surface area contributed by atoms with Gasteiger partial charge in [0.1, 0.15) is 35.8 Å². The monoisotopic (exact) mass is 761 g/mol. The first-order valence-corrected chi connectivity index (χ1v) is 20.8. The van der Waals surface area contributed by atoms with Crippen LogP contribution in [0.15, 0.2) is 0 Å². The maximum absolute atomic E-state index is 16.3. The molecule has 2 saturated heterocycles. The molecule has 302 valence electrons. The molecule has 0 amide bonds. The van der Waals surface area contributed by atoms with Gasteiger partial charge in [0.15, 0.2) is 5.21 Å². The van der Waals surface area contributed by atoms with E-state index < -0.39 is 17.4 Å². The largest absolute Gasteiger partial charge is 0.464 e. The summed E-state index contributed by atoms with van der Waals surface area (Å²) in [7, 11) is 0. The minimum Gasteiger partial charge on any atom is -0.464 e. The van der Waals surface area contributed by atoms with Crippen molar-refractivity contribution in [2.24, 2.45) is 35.5 Å². The molecule has 0 bridgehead atoms. The van der Waals surface area contributed by atoms with E-state index in [4.69, 9.17) is 9.47 Å². The summed E-state index contributed by atoms with van der Waals surface area (Å²) < 4.78 is 43.5. The minimum atomic E-state index is -1.31. The summed E-state index contributed by atoms with van der Waals surface area (Å²) in [5.41, 5.74) is -2.60. The van der Waals surface area contributed by atoms with Crippen LogP contribution in [0.3, 0.4) is 0 Å². The lowest BCUT2D eigenvalue weighted by Crippen LogP contribution is -2.52. The number of aromatic amines is 2. The summed E-state index contributed by atoms with van der Waals surface area (Å²) in [4.78, 5) is 27.6.